The van der Waals surface area contributed by atoms with Gasteiger partial charge in [0.2, 0.25) is 0 Å². The van der Waals surface area contributed by atoms with Crippen molar-refractivity contribution in [3.63, 3.8) is 0 Å². The van der Waals surface area contributed by atoms with Gasteiger partial charge in [-0.05, 0) is 23.7 Å². The Hall–Kier alpha value is -7.52. The standard InChI is InChI=1S/C66H51NO12Si8/c1-8-30-52(31-9-1)80-68-81(53-32-10-2-11-33-53)71-84(56-38-16-5-17-39-56)73-82(69-80,54-34-12-3-13-35-54)75-86(58-42-20-7-21-43-58)76-83(70-80,55-36-14-4-15-37-55)74-85(72-81,57-40-18-6-19-41-57)78-87(77-84,79-86)66-51-29-25-47-62(66)61-46-24-28-50-65(61)67-63-48-26-22-44-59(63)60-45-23-27-49-64(60)67/h1-51H/i22D,23D,24D,25D,26D,27D,28D,29D,44D,45D,46D,47D,48D,49D,50D,51D. The predicted octanol–water partition coefficient (Wildman–Crippen LogP) is 7.79. The maximum Gasteiger partial charge on any atom is 0.516 e. The third kappa shape index (κ3) is 8.49. The number of aromatic nitrogens is 1. The largest absolute Gasteiger partial charge is 0.516 e. The fraction of sp³-hybridized carbons (Fsp3) is 0. The Kier molecular flexibility index (Phi) is 9.29. The van der Waals surface area contributed by atoms with E-state index >= 15 is 0 Å². The summed E-state index contributed by atoms with van der Waals surface area (Å²) in [5.41, 5.74) is -3.76. The van der Waals surface area contributed by atoms with Gasteiger partial charge in [0.15, 0.2) is 0 Å². The van der Waals surface area contributed by atoms with E-state index in [1.54, 1.807) is 212 Å². The van der Waals surface area contributed by atoms with Gasteiger partial charge in [0.25, 0.3) is 0 Å². The normalized spacial score (nSPS) is 31.5. The van der Waals surface area contributed by atoms with E-state index in [9.17, 15) is 16.4 Å². The Morgan fingerprint density at radius 3 is 0.759 bits per heavy atom. The SMILES string of the molecule is [2H]c1c([2H])c([2H])c(-n2c3c([2H])c([2H])c([2H])c([2H])c3c3c([2H])c([2H])c([2H])c([2H])c32)c(-c2c([2H])c([2H])c([2H])c([2H])c2[Si]23O[Si]4(c5ccccc5)O[Si]5(c6ccccc6)O[Si]6(c7ccccc7)O[Si](c7ccccc7)(O4)O[Si](c4ccccc4)(O[Si](c4ccccc4)(O6)O[Si](c4ccccc4)(O5)O2)O3)c1[2H]. The van der Waals surface area contributed by atoms with Gasteiger partial charge >= 0.3 is 70.4 Å². The zero-order valence-electron chi connectivity index (χ0n) is 61.1. The summed E-state index contributed by atoms with van der Waals surface area (Å²) in [6, 6.07) is 44.9. The zero-order valence-corrected chi connectivity index (χ0v) is 53.1. The van der Waals surface area contributed by atoms with Crippen LogP contribution >= 0.6 is 0 Å². The highest BCUT2D eigenvalue weighted by Crippen LogP contribution is 2.49. The van der Waals surface area contributed by atoms with Gasteiger partial charge in [0.1, 0.15) is 0 Å². The quantitative estimate of drug-likeness (QED) is 0.125. The number of para-hydroxylation sites is 3. The number of rotatable bonds is 10. The molecule has 11 aromatic carbocycles. The fourth-order valence-corrected chi connectivity index (χ4v) is 57.6. The minimum absolute atomic E-state index is 0.0962. The van der Waals surface area contributed by atoms with Gasteiger partial charge in [-0.1, -0.05) is 291 Å². The summed E-state index contributed by atoms with van der Waals surface area (Å²) in [6.07, 6.45) is 0. The van der Waals surface area contributed by atoms with Crippen molar-refractivity contribution in [3.8, 4) is 16.8 Å². The molecule has 12 aromatic rings. The summed E-state index contributed by atoms with van der Waals surface area (Å²) >= 11 is 0. The highest BCUT2D eigenvalue weighted by atomic mass is 28.6. The molecule has 7 heterocycles. The van der Waals surface area contributed by atoms with Crippen molar-refractivity contribution in [2.24, 2.45) is 0 Å². The predicted molar refractivity (Wildman–Crippen MR) is 347 cm³/mol. The van der Waals surface area contributed by atoms with Crippen LogP contribution < -0.4 is 41.5 Å². The van der Waals surface area contributed by atoms with E-state index in [-0.39, 0.29) is 31.1 Å². The van der Waals surface area contributed by atoms with E-state index in [1.807, 2.05) is 0 Å². The average Bonchev–Trinajstić information content (AvgIpc) is 1.54. The van der Waals surface area contributed by atoms with E-state index in [4.69, 9.17) is 54.9 Å². The first-order chi connectivity index (χ1) is 49.4. The molecule has 21 heteroatoms. The number of hydrogen-bond acceptors (Lipinski definition) is 12. The second kappa shape index (κ2) is 20.5. The minimum atomic E-state index is -6.47. The zero-order chi connectivity index (χ0) is 71.7. The molecule has 13 nitrogen and oxygen atoms in total. The van der Waals surface area contributed by atoms with Crippen LogP contribution in [0.3, 0.4) is 0 Å². The van der Waals surface area contributed by atoms with E-state index in [1.165, 1.54) is 0 Å². The molecule has 0 radical (unpaired) electrons. The molecule has 0 spiro atoms. The molecule has 6 aliphatic heterocycles. The van der Waals surface area contributed by atoms with Gasteiger partial charge in [0, 0.05) is 57.8 Å². The molecule has 18 rings (SSSR count). The number of fused-ring (bicyclic) bond motifs is 3. The highest BCUT2D eigenvalue weighted by Gasteiger charge is 2.86. The Labute approximate surface area is 533 Å². The van der Waals surface area contributed by atoms with Gasteiger partial charge in [0.05, 0.1) is 38.7 Å². The first kappa shape index (κ1) is 39.4. The van der Waals surface area contributed by atoms with Gasteiger partial charge in [-0.3, -0.25) is 0 Å². The van der Waals surface area contributed by atoms with Crippen molar-refractivity contribution in [1.29, 1.82) is 0 Å². The van der Waals surface area contributed by atoms with E-state index in [0.717, 1.165) is 4.57 Å². The number of hydrogen-bond donors (Lipinski definition) is 0. The lowest BCUT2D eigenvalue weighted by Crippen LogP contribution is -2.96. The second-order valence-electron chi connectivity index (χ2n) is 20.5. The molecule has 87 heavy (non-hydrogen) atoms. The summed E-state index contributed by atoms with van der Waals surface area (Å²) in [5, 5.41) is -0.457. The van der Waals surface area contributed by atoms with Crippen LogP contribution in [0.4, 0.5) is 0 Å². The molecule has 0 saturated carbocycles. The molecular formula is C66H51NO12Si8. The molecule has 8 bridgehead atoms. The van der Waals surface area contributed by atoms with Crippen molar-refractivity contribution >= 4 is 134 Å². The molecule has 0 amide bonds. The van der Waals surface area contributed by atoms with Gasteiger partial charge in [-0.25, -0.2) is 0 Å². The van der Waals surface area contributed by atoms with E-state index in [2.05, 4.69) is 0 Å². The topological polar surface area (TPSA) is 116 Å². The van der Waals surface area contributed by atoms with Gasteiger partial charge < -0.3 is 53.9 Å². The molecule has 6 fully saturated rings. The molecule has 0 unspecified atom stereocenters. The monoisotopic (exact) mass is 1290 g/mol. The summed E-state index contributed by atoms with van der Waals surface area (Å²) in [6.45, 7) is 0. The molecule has 0 atom stereocenters. The van der Waals surface area contributed by atoms with Crippen LogP contribution in [0, 0.1) is 0 Å². The number of nitrogens with zero attached hydrogens (tertiary/aromatic N) is 1. The van der Waals surface area contributed by atoms with Crippen LogP contribution in [0.5, 0.6) is 0 Å². The van der Waals surface area contributed by atoms with Crippen LogP contribution in [-0.4, -0.2) is 75.0 Å². The fourth-order valence-electron chi connectivity index (χ4n) is 11.5. The third-order valence-electron chi connectivity index (χ3n) is 15.3. The maximum absolute atomic E-state index is 10.9. The smallest absolute Gasteiger partial charge is 0.366 e. The highest BCUT2D eigenvalue weighted by molar-refractivity contribution is 7.14. The van der Waals surface area contributed by atoms with Crippen molar-refractivity contribution in [2.75, 3.05) is 0 Å². The molecule has 6 aliphatic rings. The Morgan fingerprint density at radius 2 is 0.460 bits per heavy atom. The first-order valence-corrected chi connectivity index (χ1v) is 41.2. The Morgan fingerprint density at radius 1 is 0.230 bits per heavy atom. The first-order valence-electron chi connectivity index (χ1n) is 35.4. The summed E-state index contributed by atoms with van der Waals surface area (Å²) in [4.78, 5) is 0. The lowest BCUT2D eigenvalue weighted by Gasteiger charge is -2.62. The molecule has 0 N–H and O–H groups in total. The third-order valence-corrected chi connectivity index (χ3v) is 49.4. The summed E-state index contributed by atoms with van der Waals surface area (Å²) in [5.74, 6) is 0. The van der Waals surface area contributed by atoms with Crippen LogP contribution in [0.1, 0.15) is 21.9 Å². The van der Waals surface area contributed by atoms with Crippen molar-refractivity contribution in [2.45, 2.75) is 0 Å². The lowest BCUT2D eigenvalue weighted by molar-refractivity contribution is -0.00294. The van der Waals surface area contributed by atoms with Crippen molar-refractivity contribution in [3.05, 3.63) is 309 Å². The molecule has 1 aromatic heterocycles. The summed E-state index contributed by atoms with van der Waals surface area (Å²) in [7, 11) is -45.1. The van der Waals surface area contributed by atoms with Crippen molar-refractivity contribution in [1.82, 2.24) is 4.57 Å². The van der Waals surface area contributed by atoms with Crippen molar-refractivity contribution < 1.29 is 71.3 Å². The maximum atomic E-state index is 10.9. The average molecular weight is 1290 g/mol. The van der Waals surface area contributed by atoms with Crippen LogP contribution in [0.2, 0.25) is 0 Å². The molecule has 0 aliphatic carbocycles. The Balaban J connectivity index is 1.12. The number of benzene rings is 11. The van der Waals surface area contributed by atoms with E-state index in [0.29, 0.717) is 5.19 Å². The second-order valence-corrected chi connectivity index (χ2v) is 43.7. The van der Waals surface area contributed by atoms with Crippen LogP contribution in [-0.2, 0) is 49.4 Å². The summed E-state index contributed by atoms with van der Waals surface area (Å²) < 4.78 is 256. The van der Waals surface area contributed by atoms with Gasteiger partial charge in [-0.15, -0.1) is 0 Å². The lowest BCUT2D eigenvalue weighted by atomic mass is 10.0. The molecule has 6 saturated heterocycles. The Bertz CT molecular complexity index is 5160. The van der Waals surface area contributed by atoms with Gasteiger partial charge in [-0.2, -0.15) is 0 Å². The molecule has 424 valence electrons. The van der Waals surface area contributed by atoms with Crippen LogP contribution in [0.25, 0.3) is 38.6 Å². The van der Waals surface area contributed by atoms with E-state index < -0.39 is 211 Å². The molecular weight excluding hydrogens is 1220 g/mol. The van der Waals surface area contributed by atoms with Crippen LogP contribution in [0.15, 0.2) is 309 Å². The minimum Gasteiger partial charge on any atom is -0.366 e.